The van der Waals surface area contributed by atoms with E-state index >= 15 is 0 Å². The lowest BCUT2D eigenvalue weighted by Gasteiger charge is -2.32. The Bertz CT molecular complexity index is 1670. The third kappa shape index (κ3) is 6.92. The molecule has 0 radical (unpaired) electrons. The minimum atomic E-state index is -1.06. The van der Waals surface area contributed by atoms with Gasteiger partial charge in [0.05, 0.1) is 36.0 Å². The molecule has 0 spiro atoms. The molecule has 1 aliphatic rings. The maximum Gasteiger partial charge on any atom is 0.370 e. The summed E-state index contributed by atoms with van der Waals surface area (Å²) < 4.78 is 13.1. The van der Waals surface area contributed by atoms with Crippen LogP contribution in [0.25, 0.3) is 11.1 Å². The maximum atomic E-state index is 13.6. The van der Waals surface area contributed by atoms with Gasteiger partial charge in [-0.2, -0.15) is 9.35 Å². The number of aromatic nitrogens is 2. The Hall–Kier alpha value is -4.53. The van der Waals surface area contributed by atoms with Crippen LogP contribution in [0, 0.1) is 0 Å². The summed E-state index contributed by atoms with van der Waals surface area (Å²) in [4.78, 5) is 55.3. The summed E-state index contributed by atoms with van der Waals surface area (Å²) in [5.74, 6) is -0.893. The number of nitrogens with one attached hydrogen (secondary N) is 4. The van der Waals surface area contributed by atoms with Crippen molar-refractivity contribution >= 4 is 35.0 Å². The molecule has 0 saturated carbocycles. The van der Waals surface area contributed by atoms with Gasteiger partial charge in [-0.1, -0.05) is 35.9 Å². The number of hydrogen-bond donors (Lipinski definition) is 5. The van der Waals surface area contributed by atoms with Gasteiger partial charge in [-0.15, -0.1) is 0 Å². The van der Waals surface area contributed by atoms with Gasteiger partial charge in [-0.3, -0.25) is 9.59 Å². The molecule has 0 unspecified atom stereocenters. The van der Waals surface area contributed by atoms with Crippen molar-refractivity contribution in [1.82, 2.24) is 14.7 Å². The van der Waals surface area contributed by atoms with Crippen molar-refractivity contribution in [2.45, 2.75) is 25.9 Å². The zero-order chi connectivity index (χ0) is 32.7. The predicted molar refractivity (Wildman–Crippen MR) is 174 cm³/mol. The van der Waals surface area contributed by atoms with E-state index in [1.54, 1.807) is 51.4 Å². The fourth-order valence-corrected chi connectivity index (χ4v) is 5.66. The van der Waals surface area contributed by atoms with E-state index in [4.69, 9.17) is 26.8 Å². The number of amides is 1. The lowest BCUT2D eigenvalue weighted by molar-refractivity contribution is -0.145. The highest BCUT2D eigenvalue weighted by molar-refractivity contribution is 6.34. The smallest absolute Gasteiger partial charge is 0.370 e. The molecule has 0 aliphatic carbocycles. The third-order valence-corrected chi connectivity index (χ3v) is 7.83. The van der Waals surface area contributed by atoms with Crippen molar-refractivity contribution in [2.75, 3.05) is 75.1 Å². The largest absolute Gasteiger partial charge is 0.464 e. The molecule has 1 atom stereocenters. The summed E-state index contributed by atoms with van der Waals surface area (Å²) in [5, 5.41) is 5.99. The Balaban J connectivity index is 1.83. The molecular weight excluding hydrogens is 604 g/mol. The van der Waals surface area contributed by atoms with E-state index in [2.05, 4.69) is 26.4 Å². The van der Waals surface area contributed by atoms with Crippen LogP contribution in [0.5, 0.6) is 0 Å². The Morgan fingerprint density at radius 3 is 2.38 bits per heavy atom. The molecule has 6 N–H and O–H groups in total. The van der Waals surface area contributed by atoms with Crippen LogP contribution >= 0.6 is 11.6 Å². The molecule has 1 amide bonds. The summed E-state index contributed by atoms with van der Waals surface area (Å²) in [5.41, 5.74) is 13.1. The number of nitrogens with zero attached hydrogens (tertiary/aromatic N) is 3. The summed E-state index contributed by atoms with van der Waals surface area (Å²) in [6.45, 7) is 3.97. The van der Waals surface area contributed by atoms with E-state index in [0.29, 0.717) is 37.4 Å². The zero-order valence-electron chi connectivity index (χ0n) is 25.7. The number of halogens is 1. The Morgan fingerprint density at radius 1 is 1.04 bits per heavy atom. The topological polar surface area (TPSA) is 174 Å². The first-order chi connectivity index (χ1) is 21.7. The average molecular weight is 643 g/mol. The van der Waals surface area contributed by atoms with Crippen LogP contribution in [0.15, 0.2) is 46.0 Å². The zero-order valence-corrected chi connectivity index (χ0v) is 26.5. The number of rotatable bonds is 12. The molecule has 3 aromatic rings. The second kappa shape index (κ2) is 15.0. The second-order valence-electron chi connectivity index (χ2n) is 10.1. The minimum absolute atomic E-state index is 0.0790. The number of esters is 1. The highest BCUT2D eigenvalue weighted by atomic mass is 35.5. The number of carbonyl (C=O) groups is 2. The number of nitrogens with two attached hydrogens (primary N) is 1. The lowest BCUT2D eigenvalue weighted by Crippen LogP contribution is -2.47. The van der Waals surface area contributed by atoms with Crippen molar-refractivity contribution in [3.8, 4) is 11.1 Å². The van der Waals surface area contributed by atoms with Crippen LogP contribution in [0.4, 0.5) is 11.5 Å². The van der Waals surface area contributed by atoms with Crippen molar-refractivity contribution in [3.05, 3.63) is 78.9 Å². The van der Waals surface area contributed by atoms with Crippen LogP contribution in [0.3, 0.4) is 0 Å². The van der Waals surface area contributed by atoms with E-state index in [1.165, 1.54) is 11.7 Å². The monoisotopic (exact) mass is 642 g/mol. The Kier molecular flexibility index (Phi) is 11.1. The maximum absolute atomic E-state index is 13.6. The Morgan fingerprint density at radius 2 is 1.76 bits per heavy atom. The average Bonchev–Trinajstić information content (AvgIpc) is 3.04. The van der Waals surface area contributed by atoms with Gasteiger partial charge < -0.3 is 41.6 Å². The third-order valence-electron chi connectivity index (χ3n) is 7.52. The molecular formula is C30H39ClN8O6. The highest BCUT2D eigenvalue weighted by Crippen LogP contribution is 2.32. The molecule has 2 aromatic carbocycles. The SMILES string of the molecule is CCOC(=O)[C@H](Cc1ccc(-c2c(NC)n(NC)c(=O)n(NC)c2=O)cc1N1CCOCC1)NC(=O)c1c(Cl)cccc1CN. The molecule has 1 aliphatic heterocycles. The number of morpholine rings is 1. The molecule has 15 heteroatoms. The first-order valence-corrected chi connectivity index (χ1v) is 14.9. The molecule has 4 rings (SSSR count). The van der Waals surface area contributed by atoms with Gasteiger partial charge >= 0.3 is 11.7 Å². The number of benzene rings is 2. The van der Waals surface area contributed by atoms with Gasteiger partial charge in [-0.25, -0.2) is 9.59 Å². The molecule has 1 aromatic heterocycles. The van der Waals surface area contributed by atoms with Gasteiger partial charge in [0.15, 0.2) is 0 Å². The van der Waals surface area contributed by atoms with E-state index in [9.17, 15) is 19.2 Å². The van der Waals surface area contributed by atoms with E-state index in [0.717, 1.165) is 15.9 Å². The summed E-state index contributed by atoms with van der Waals surface area (Å²) >= 11 is 6.37. The van der Waals surface area contributed by atoms with E-state index in [-0.39, 0.29) is 41.5 Å². The lowest BCUT2D eigenvalue weighted by atomic mass is 9.97. The van der Waals surface area contributed by atoms with Crippen LogP contribution in [0.1, 0.15) is 28.4 Å². The fraction of sp³-hybridized carbons (Fsp3) is 0.400. The van der Waals surface area contributed by atoms with E-state index < -0.39 is 29.2 Å². The summed E-state index contributed by atoms with van der Waals surface area (Å²) in [7, 11) is 4.67. The summed E-state index contributed by atoms with van der Waals surface area (Å²) in [6.07, 6.45) is 0.0790. The molecule has 1 saturated heterocycles. The van der Waals surface area contributed by atoms with Gasteiger partial charge in [0.2, 0.25) is 0 Å². The van der Waals surface area contributed by atoms with Crippen LogP contribution in [-0.2, 0) is 27.2 Å². The number of anilines is 2. The molecule has 2 heterocycles. The highest BCUT2D eigenvalue weighted by Gasteiger charge is 2.28. The van der Waals surface area contributed by atoms with Gasteiger partial charge in [0, 0.05) is 52.9 Å². The van der Waals surface area contributed by atoms with Crippen molar-refractivity contribution in [2.24, 2.45) is 5.73 Å². The van der Waals surface area contributed by atoms with E-state index in [1.807, 2.05) is 6.07 Å². The molecule has 242 valence electrons. The number of hydrogen-bond acceptors (Lipinski definition) is 11. The molecule has 14 nitrogen and oxygen atoms in total. The molecule has 1 fully saturated rings. The quantitative estimate of drug-likeness (QED) is 0.178. The first kappa shape index (κ1) is 33.4. The number of ether oxygens (including phenoxy) is 2. The van der Waals surface area contributed by atoms with Crippen LogP contribution in [0.2, 0.25) is 5.02 Å². The predicted octanol–water partition coefficient (Wildman–Crippen LogP) is 0.918. The molecule has 0 bridgehead atoms. The normalized spacial score (nSPS) is 13.6. The summed E-state index contributed by atoms with van der Waals surface area (Å²) in [6, 6.07) is 9.31. The number of carbonyl (C=O) groups excluding carboxylic acids is 2. The second-order valence-corrected chi connectivity index (χ2v) is 10.5. The van der Waals surface area contributed by atoms with Crippen molar-refractivity contribution < 1.29 is 19.1 Å². The van der Waals surface area contributed by atoms with Crippen molar-refractivity contribution in [1.29, 1.82) is 0 Å². The van der Waals surface area contributed by atoms with Crippen LogP contribution in [-0.4, -0.2) is 81.3 Å². The van der Waals surface area contributed by atoms with Gasteiger partial charge in [0.25, 0.3) is 11.5 Å². The Labute approximate surface area is 265 Å². The fourth-order valence-electron chi connectivity index (χ4n) is 5.38. The first-order valence-electron chi connectivity index (χ1n) is 14.6. The van der Waals surface area contributed by atoms with Gasteiger partial charge in [-0.05, 0) is 35.7 Å². The standard InChI is InChI=1S/C30H39ClN8O6/c1-5-45-29(42)22(36-27(40)24-20(17-32)7-6-8-21(24)31)15-18-9-10-19(16-23(18)37-11-13-44-14-12-37)25-26(33-2)38(34-3)30(43)39(35-4)28(25)41/h6-10,16,22,33-35H,5,11-15,17,32H2,1-4H3,(H,36,40)/t22-/m0/s1. The van der Waals surface area contributed by atoms with Crippen LogP contribution < -0.4 is 43.4 Å². The van der Waals surface area contributed by atoms with Crippen molar-refractivity contribution in [3.63, 3.8) is 0 Å². The minimum Gasteiger partial charge on any atom is -0.464 e. The molecule has 45 heavy (non-hydrogen) atoms. The van der Waals surface area contributed by atoms with Gasteiger partial charge in [0.1, 0.15) is 11.9 Å².